The second kappa shape index (κ2) is 5.40. The summed E-state index contributed by atoms with van der Waals surface area (Å²) in [4.78, 5) is 24.9. The molecule has 0 radical (unpaired) electrons. The van der Waals surface area contributed by atoms with Crippen LogP contribution >= 0.6 is 15.9 Å². The molecule has 1 N–H and O–H groups in total. The molecule has 1 fully saturated rings. The first-order chi connectivity index (χ1) is 9.67. The molecule has 0 bridgehead atoms. The Morgan fingerprint density at radius 1 is 1.43 bits per heavy atom. The average Bonchev–Trinajstić information content (AvgIpc) is 2.82. The predicted molar refractivity (Wildman–Crippen MR) is 79.8 cm³/mol. The SMILES string of the molecule is CC(C)(C(=O)N1CCC(F)(C(=O)O)C1)c1cccc(Br)c1. The van der Waals surface area contributed by atoms with Crippen LogP contribution in [0.15, 0.2) is 28.7 Å². The number of hydrogen-bond donors (Lipinski definition) is 1. The van der Waals surface area contributed by atoms with Crippen molar-refractivity contribution in [3.05, 3.63) is 34.3 Å². The van der Waals surface area contributed by atoms with E-state index in [1.165, 1.54) is 4.90 Å². The molecule has 6 heteroatoms. The van der Waals surface area contributed by atoms with Crippen molar-refractivity contribution in [3.63, 3.8) is 0 Å². The fraction of sp³-hybridized carbons (Fsp3) is 0.467. The van der Waals surface area contributed by atoms with E-state index < -0.39 is 23.6 Å². The Bertz CT molecular complexity index is 590. The van der Waals surface area contributed by atoms with Crippen LogP contribution in [-0.2, 0) is 15.0 Å². The van der Waals surface area contributed by atoms with E-state index in [0.717, 1.165) is 10.0 Å². The minimum Gasteiger partial charge on any atom is -0.479 e. The van der Waals surface area contributed by atoms with Crippen molar-refractivity contribution in [1.29, 1.82) is 0 Å². The molecule has 1 amide bonds. The highest BCUT2D eigenvalue weighted by molar-refractivity contribution is 9.10. The molecular formula is C15H17BrFNO3. The van der Waals surface area contributed by atoms with Gasteiger partial charge in [-0.2, -0.15) is 0 Å². The molecule has 21 heavy (non-hydrogen) atoms. The van der Waals surface area contributed by atoms with Gasteiger partial charge >= 0.3 is 5.97 Å². The van der Waals surface area contributed by atoms with Gasteiger partial charge in [-0.05, 0) is 31.5 Å². The first-order valence-corrected chi connectivity index (χ1v) is 7.44. The Kier molecular flexibility index (Phi) is 4.10. The van der Waals surface area contributed by atoms with Crippen molar-refractivity contribution >= 4 is 27.8 Å². The van der Waals surface area contributed by atoms with Crippen LogP contribution in [0.5, 0.6) is 0 Å². The van der Waals surface area contributed by atoms with E-state index in [0.29, 0.717) is 0 Å². The molecule has 0 saturated carbocycles. The number of carboxylic acids is 1. The predicted octanol–water partition coefficient (Wildman–Crippen LogP) is 2.75. The van der Waals surface area contributed by atoms with E-state index in [1.54, 1.807) is 13.8 Å². The number of rotatable bonds is 3. The number of carbonyl (C=O) groups excluding carboxylic acids is 1. The lowest BCUT2D eigenvalue weighted by molar-refractivity contribution is -0.150. The molecule has 1 aromatic rings. The van der Waals surface area contributed by atoms with Crippen molar-refractivity contribution in [2.45, 2.75) is 31.4 Å². The van der Waals surface area contributed by atoms with Crippen molar-refractivity contribution in [1.82, 2.24) is 4.90 Å². The van der Waals surface area contributed by atoms with Gasteiger partial charge in [0.25, 0.3) is 0 Å². The summed E-state index contributed by atoms with van der Waals surface area (Å²) in [6.45, 7) is 3.25. The summed E-state index contributed by atoms with van der Waals surface area (Å²) >= 11 is 3.36. The van der Waals surface area contributed by atoms with E-state index in [4.69, 9.17) is 5.11 Å². The van der Waals surface area contributed by atoms with Crippen LogP contribution < -0.4 is 0 Å². The number of aliphatic carboxylic acids is 1. The highest BCUT2D eigenvalue weighted by atomic mass is 79.9. The van der Waals surface area contributed by atoms with Gasteiger partial charge in [-0.3, -0.25) is 4.79 Å². The van der Waals surface area contributed by atoms with Crippen LogP contribution in [0, 0.1) is 0 Å². The zero-order valence-electron chi connectivity index (χ0n) is 11.9. The molecule has 1 aliphatic rings. The number of benzene rings is 1. The molecular weight excluding hydrogens is 341 g/mol. The number of carboxylic acid groups (broad SMARTS) is 1. The maximum atomic E-state index is 14.1. The molecule has 0 spiro atoms. The first kappa shape index (κ1) is 15.9. The maximum Gasteiger partial charge on any atom is 0.343 e. The quantitative estimate of drug-likeness (QED) is 0.904. The lowest BCUT2D eigenvalue weighted by atomic mass is 9.83. The third-order valence-corrected chi connectivity index (χ3v) is 4.46. The Hall–Kier alpha value is -1.43. The van der Waals surface area contributed by atoms with Crippen LogP contribution in [0.1, 0.15) is 25.8 Å². The van der Waals surface area contributed by atoms with E-state index in [2.05, 4.69) is 15.9 Å². The maximum absolute atomic E-state index is 14.1. The highest BCUT2D eigenvalue weighted by Crippen LogP contribution is 2.32. The number of likely N-dealkylation sites (tertiary alicyclic amines) is 1. The molecule has 1 heterocycles. The largest absolute Gasteiger partial charge is 0.479 e. The number of alkyl halides is 1. The number of amides is 1. The summed E-state index contributed by atoms with van der Waals surface area (Å²) in [6, 6.07) is 7.36. The zero-order chi connectivity index (χ0) is 15.8. The van der Waals surface area contributed by atoms with E-state index in [1.807, 2.05) is 24.3 Å². The normalized spacial score (nSPS) is 22.4. The van der Waals surface area contributed by atoms with Crippen molar-refractivity contribution < 1.29 is 19.1 Å². The fourth-order valence-corrected chi connectivity index (χ4v) is 2.92. The van der Waals surface area contributed by atoms with Gasteiger partial charge in [-0.25, -0.2) is 9.18 Å². The minimum absolute atomic E-state index is 0.124. The van der Waals surface area contributed by atoms with Crippen molar-refractivity contribution in [2.75, 3.05) is 13.1 Å². The van der Waals surface area contributed by atoms with Gasteiger partial charge < -0.3 is 10.0 Å². The third-order valence-electron chi connectivity index (χ3n) is 3.97. The summed E-state index contributed by atoms with van der Waals surface area (Å²) < 4.78 is 15.0. The molecule has 1 saturated heterocycles. The van der Waals surface area contributed by atoms with Crippen LogP contribution in [0.4, 0.5) is 4.39 Å². The third kappa shape index (κ3) is 2.95. The lowest BCUT2D eigenvalue weighted by Crippen LogP contribution is -2.45. The molecule has 0 aliphatic carbocycles. The molecule has 0 aromatic heterocycles. The van der Waals surface area contributed by atoms with E-state index >= 15 is 0 Å². The molecule has 2 rings (SSSR count). The smallest absolute Gasteiger partial charge is 0.343 e. The van der Waals surface area contributed by atoms with Crippen molar-refractivity contribution in [3.8, 4) is 0 Å². The minimum atomic E-state index is -2.33. The summed E-state index contributed by atoms with van der Waals surface area (Å²) in [6.07, 6.45) is -0.164. The van der Waals surface area contributed by atoms with Gasteiger partial charge in [-0.1, -0.05) is 28.1 Å². The van der Waals surface area contributed by atoms with Gasteiger partial charge in [0, 0.05) is 17.4 Å². The van der Waals surface area contributed by atoms with Crippen molar-refractivity contribution in [2.24, 2.45) is 0 Å². The first-order valence-electron chi connectivity index (χ1n) is 6.64. The number of carbonyl (C=O) groups is 2. The van der Waals surface area contributed by atoms with Crippen LogP contribution in [0.2, 0.25) is 0 Å². The van der Waals surface area contributed by atoms with E-state index in [-0.39, 0.29) is 18.9 Å². The van der Waals surface area contributed by atoms with E-state index in [9.17, 15) is 14.0 Å². The summed E-state index contributed by atoms with van der Waals surface area (Å²) in [5.74, 6) is -1.76. The highest BCUT2D eigenvalue weighted by Gasteiger charge is 2.49. The zero-order valence-corrected chi connectivity index (χ0v) is 13.5. The molecule has 4 nitrogen and oxygen atoms in total. The van der Waals surface area contributed by atoms with Gasteiger partial charge in [0.1, 0.15) is 0 Å². The summed E-state index contributed by atoms with van der Waals surface area (Å²) in [7, 11) is 0. The summed E-state index contributed by atoms with van der Waals surface area (Å²) in [5, 5.41) is 8.91. The van der Waals surface area contributed by atoms with Gasteiger partial charge in [0.2, 0.25) is 11.6 Å². The molecule has 1 aliphatic heterocycles. The standard InChI is InChI=1S/C15H17BrFNO3/c1-14(2,10-4-3-5-11(16)8-10)12(19)18-7-6-15(17,9-18)13(20)21/h3-5,8H,6-7,9H2,1-2H3,(H,20,21). The van der Waals surface area contributed by atoms with Gasteiger partial charge in [0.15, 0.2) is 0 Å². The molecule has 1 unspecified atom stereocenters. The second-order valence-corrected chi connectivity index (χ2v) is 6.80. The molecule has 1 atom stereocenters. The van der Waals surface area contributed by atoms with Crippen LogP contribution in [0.25, 0.3) is 0 Å². The second-order valence-electron chi connectivity index (χ2n) is 5.88. The Morgan fingerprint density at radius 2 is 2.10 bits per heavy atom. The van der Waals surface area contributed by atoms with Gasteiger partial charge in [0.05, 0.1) is 12.0 Å². The summed E-state index contributed by atoms with van der Waals surface area (Å²) in [5.41, 5.74) is -2.37. The molecule has 114 valence electrons. The lowest BCUT2D eigenvalue weighted by Gasteiger charge is -2.30. The number of halogens is 2. The van der Waals surface area contributed by atoms with Crippen LogP contribution in [-0.4, -0.2) is 40.6 Å². The monoisotopic (exact) mass is 357 g/mol. The molecule has 1 aromatic carbocycles. The Morgan fingerprint density at radius 3 is 2.62 bits per heavy atom. The fourth-order valence-electron chi connectivity index (χ4n) is 2.52. The Labute approximate surface area is 131 Å². The average molecular weight is 358 g/mol. The topological polar surface area (TPSA) is 57.6 Å². The van der Waals surface area contributed by atoms with Crippen LogP contribution in [0.3, 0.4) is 0 Å². The number of nitrogens with zero attached hydrogens (tertiary/aromatic N) is 1. The Balaban J connectivity index is 2.22. The van der Waals surface area contributed by atoms with Gasteiger partial charge in [-0.15, -0.1) is 0 Å². The number of hydrogen-bond acceptors (Lipinski definition) is 2.